The molecule has 0 radical (unpaired) electrons. The maximum Gasteiger partial charge on any atom is 0.354 e. The van der Waals surface area contributed by atoms with E-state index in [2.05, 4.69) is 9.72 Å². The predicted molar refractivity (Wildman–Crippen MR) is 60.9 cm³/mol. The van der Waals surface area contributed by atoms with E-state index in [0.29, 0.717) is 5.69 Å². The Bertz CT molecular complexity index is 542. The Morgan fingerprint density at radius 3 is 2.62 bits per heavy atom. The predicted octanol–water partition coefficient (Wildman–Crippen LogP) is 2.27. The lowest BCUT2D eigenvalue weighted by atomic mass is 10.1. The molecule has 0 bridgehead atoms. The molecule has 0 saturated heterocycles. The summed E-state index contributed by atoms with van der Waals surface area (Å²) in [5, 5.41) is 0.971. The SMILES string of the molecule is COC(=O)c1cc2cc(C)c(OC)cc2[nH]1. The first kappa shape index (κ1) is 10.5. The first-order chi connectivity index (χ1) is 7.65. The number of hydrogen-bond acceptors (Lipinski definition) is 3. The molecule has 4 heteroatoms. The van der Waals surface area contributed by atoms with Crippen LogP contribution in [-0.2, 0) is 4.74 Å². The van der Waals surface area contributed by atoms with Crippen molar-refractivity contribution in [2.75, 3.05) is 14.2 Å². The third-order valence-corrected chi connectivity index (χ3v) is 2.54. The lowest BCUT2D eigenvalue weighted by molar-refractivity contribution is 0.0595. The highest BCUT2D eigenvalue weighted by atomic mass is 16.5. The molecule has 0 fully saturated rings. The quantitative estimate of drug-likeness (QED) is 0.788. The molecule has 0 amide bonds. The van der Waals surface area contributed by atoms with Crippen molar-refractivity contribution in [3.8, 4) is 5.75 Å². The zero-order chi connectivity index (χ0) is 11.7. The lowest BCUT2D eigenvalue weighted by Gasteiger charge is -2.03. The molecular weight excluding hydrogens is 206 g/mol. The number of fused-ring (bicyclic) bond motifs is 1. The minimum Gasteiger partial charge on any atom is -0.496 e. The summed E-state index contributed by atoms with van der Waals surface area (Å²) in [6, 6.07) is 5.61. The van der Waals surface area contributed by atoms with E-state index in [1.165, 1.54) is 7.11 Å². The molecule has 0 aliphatic heterocycles. The molecule has 2 rings (SSSR count). The summed E-state index contributed by atoms with van der Waals surface area (Å²) < 4.78 is 9.86. The monoisotopic (exact) mass is 219 g/mol. The van der Waals surface area contributed by atoms with Gasteiger partial charge in [-0.15, -0.1) is 0 Å². The van der Waals surface area contributed by atoms with Crippen molar-refractivity contribution in [1.29, 1.82) is 0 Å². The number of rotatable bonds is 2. The largest absolute Gasteiger partial charge is 0.496 e. The van der Waals surface area contributed by atoms with Crippen LogP contribution in [0.25, 0.3) is 10.9 Å². The maximum absolute atomic E-state index is 11.3. The van der Waals surface area contributed by atoms with E-state index < -0.39 is 0 Å². The Morgan fingerprint density at radius 1 is 1.25 bits per heavy atom. The van der Waals surface area contributed by atoms with Gasteiger partial charge < -0.3 is 14.5 Å². The molecule has 0 spiro atoms. The standard InChI is InChI=1S/C12H13NO3/c1-7-4-8-5-10(12(14)16-3)13-9(8)6-11(7)15-2/h4-6,13H,1-3H3. The summed E-state index contributed by atoms with van der Waals surface area (Å²) in [5.41, 5.74) is 2.35. The molecule has 1 heterocycles. The fourth-order valence-corrected chi connectivity index (χ4v) is 1.71. The Morgan fingerprint density at radius 2 is 2.00 bits per heavy atom. The number of aryl methyl sites for hydroxylation is 1. The van der Waals surface area contributed by atoms with Crippen LogP contribution in [-0.4, -0.2) is 25.2 Å². The van der Waals surface area contributed by atoms with Gasteiger partial charge in [0.05, 0.1) is 14.2 Å². The molecule has 0 saturated carbocycles. The lowest BCUT2D eigenvalue weighted by Crippen LogP contribution is -2.00. The van der Waals surface area contributed by atoms with Crippen molar-refractivity contribution in [3.63, 3.8) is 0 Å². The van der Waals surface area contributed by atoms with Gasteiger partial charge in [0.15, 0.2) is 0 Å². The van der Waals surface area contributed by atoms with Crippen LogP contribution in [0.3, 0.4) is 0 Å². The van der Waals surface area contributed by atoms with Gasteiger partial charge in [-0.05, 0) is 24.6 Å². The van der Waals surface area contributed by atoms with E-state index in [1.807, 2.05) is 19.1 Å². The van der Waals surface area contributed by atoms with Crippen LogP contribution in [0.2, 0.25) is 0 Å². The van der Waals surface area contributed by atoms with Crippen molar-refractivity contribution in [2.45, 2.75) is 6.92 Å². The fraction of sp³-hybridized carbons (Fsp3) is 0.250. The highest BCUT2D eigenvalue weighted by molar-refractivity contribution is 5.95. The number of carbonyl (C=O) groups is 1. The number of nitrogens with one attached hydrogen (secondary N) is 1. The van der Waals surface area contributed by atoms with Crippen molar-refractivity contribution < 1.29 is 14.3 Å². The van der Waals surface area contributed by atoms with Crippen LogP contribution in [0, 0.1) is 6.92 Å². The van der Waals surface area contributed by atoms with Crippen molar-refractivity contribution >= 4 is 16.9 Å². The highest BCUT2D eigenvalue weighted by Crippen LogP contribution is 2.25. The molecule has 0 aliphatic rings. The average molecular weight is 219 g/mol. The number of H-pyrrole nitrogens is 1. The van der Waals surface area contributed by atoms with Gasteiger partial charge in [-0.3, -0.25) is 0 Å². The summed E-state index contributed by atoms with van der Waals surface area (Å²) >= 11 is 0. The number of aromatic nitrogens is 1. The second-order valence-corrected chi connectivity index (χ2v) is 3.58. The summed E-state index contributed by atoms with van der Waals surface area (Å²) in [6.07, 6.45) is 0. The van der Waals surface area contributed by atoms with E-state index in [9.17, 15) is 4.79 Å². The Kier molecular flexibility index (Phi) is 2.56. The molecule has 1 N–H and O–H groups in total. The first-order valence-electron chi connectivity index (χ1n) is 4.91. The van der Waals surface area contributed by atoms with Crippen molar-refractivity contribution in [1.82, 2.24) is 4.98 Å². The Hall–Kier alpha value is -1.97. The molecule has 84 valence electrons. The van der Waals surface area contributed by atoms with E-state index in [4.69, 9.17) is 4.74 Å². The van der Waals surface area contributed by atoms with Crippen LogP contribution in [0.5, 0.6) is 5.75 Å². The molecule has 16 heavy (non-hydrogen) atoms. The Balaban J connectivity index is 2.58. The number of ether oxygens (including phenoxy) is 2. The van der Waals surface area contributed by atoms with Crippen LogP contribution in [0.4, 0.5) is 0 Å². The summed E-state index contributed by atoms with van der Waals surface area (Å²) in [5.74, 6) is 0.429. The number of benzene rings is 1. The summed E-state index contributed by atoms with van der Waals surface area (Å²) in [4.78, 5) is 14.3. The van der Waals surface area contributed by atoms with Crippen LogP contribution in [0.15, 0.2) is 18.2 Å². The van der Waals surface area contributed by atoms with Gasteiger partial charge >= 0.3 is 5.97 Å². The maximum atomic E-state index is 11.3. The Labute approximate surface area is 93.2 Å². The summed E-state index contributed by atoms with van der Waals surface area (Å²) in [6.45, 7) is 1.96. The topological polar surface area (TPSA) is 51.3 Å². The van der Waals surface area contributed by atoms with Gasteiger partial charge in [0.1, 0.15) is 11.4 Å². The van der Waals surface area contributed by atoms with Crippen molar-refractivity contribution in [3.05, 3.63) is 29.5 Å². The second kappa shape index (κ2) is 3.89. The van der Waals surface area contributed by atoms with Gasteiger partial charge in [-0.1, -0.05) is 0 Å². The minimum atomic E-state index is -0.368. The van der Waals surface area contributed by atoms with Crippen LogP contribution in [0.1, 0.15) is 16.1 Å². The third-order valence-electron chi connectivity index (χ3n) is 2.54. The fourth-order valence-electron chi connectivity index (χ4n) is 1.71. The number of methoxy groups -OCH3 is 2. The van der Waals surface area contributed by atoms with E-state index in [1.54, 1.807) is 13.2 Å². The third kappa shape index (κ3) is 1.62. The molecule has 0 unspecified atom stereocenters. The van der Waals surface area contributed by atoms with Crippen molar-refractivity contribution in [2.24, 2.45) is 0 Å². The van der Waals surface area contributed by atoms with E-state index >= 15 is 0 Å². The second-order valence-electron chi connectivity index (χ2n) is 3.58. The molecule has 4 nitrogen and oxygen atoms in total. The van der Waals surface area contributed by atoms with Gasteiger partial charge in [0.2, 0.25) is 0 Å². The summed E-state index contributed by atoms with van der Waals surface area (Å²) in [7, 11) is 2.98. The molecule has 1 aromatic heterocycles. The minimum absolute atomic E-state index is 0.368. The normalized spacial score (nSPS) is 10.4. The van der Waals surface area contributed by atoms with Crippen LogP contribution >= 0.6 is 0 Å². The molecular formula is C12H13NO3. The molecule has 0 atom stereocenters. The molecule has 2 aromatic rings. The van der Waals surface area contributed by atoms with Gasteiger partial charge in [-0.2, -0.15) is 0 Å². The zero-order valence-corrected chi connectivity index (χ0v) is 9.46. The molecule has 1 aromatic carbocycles. The van der Waals surface area contributed by atoms with E-state index in [-0.39, 0.29) is 5.97 Å². The highest BCUT2D eigenvalue weighted by Gasteiger charge is 2.10. The van der Waals surface area contributed by atoms with E-state index in [0.717, 1.165) is 22.2 Å². The number of aromatic amines is 1. The molecule has 0 aliphatic carbocycles. The number of carbonyl (C=O) groups excluding carboxylic acids is 1. The van der Waals surface area contributed by atoms with Gasteiger partial charge in [0, 0.05) is 17.0 Å². The van der Waals surface area contributed by atoms with Crippen LogP contribution < -0.4 is 4.74 Å². The zero-order valence-electron chi connectivity index (χ0n) is 9.46. The average Bonchev–Trinajstić information content (AvgIpc) is 2.69. The number of hydrogen-bond donors (Lipinski definition) is 1. The number of esters is 1. The smallest absolute Gasteiger partial charge is 0.354 e. The van der Waals surface area contributed by atoms with Gasteiger partial charge in [0.25, 0.3) is 0 Å². The van der Waals surface area contributed by atoms with Gasteiger partial charge in [-0.25, -0.2) is 4.79 Å². The first-order valence-corrected chi connectivity index (χ1v) is 4.91.